The predicted octanol–water partition coefficient (Wildman–Crippen LogP) is 1.03. The van der Waals surface area contributed by atoms with E-state index in [-0.39, 0.29) is 0 Å². The van der Waals surface area contributed by atoms with Gasteiger partial charge in [-0.15, -0.1) is 0 Å². The van der Waals surface area contributed by atoms with Crippen LogP contribution in [0.4, 0.5) is 8.78 Å². The highest BCUT2D eigenvalue weighted by Crippen LogP contribution is 2.06. The number of halogens is 2. The summed E-state index contributed by atoms with van der Waals surface area (Å²) in [6.07, 6.45) is 0.347. The molecule has 0 aliphatic rings. The lowest BCUT2D eigenvalue weighted by Gasteiger charge is -2.18. The number of alkyl halides is 2. The molecule has 0 fully saturated rings. The molecule has 0 saturated heterocycles. The van der Waals surface area contributed by atoms with E-state index in [1.807, 2.05) is 0 Å². The molecular weight excluding hydrogens is 112 g/mol. The molecule has 50 valence electrons. The van der Waals surface area contributed by atoms with Crippen LogP contribution in [0.15, 0.2) is 0 Å². The van der Waals surface area contributed by atoms with Crippen molar-refractivity contribution in [1.29, 1.82) is 0 Å². The van der Waals surface area contributed by atoms with Crippen LogP contribution >= 0.6 is 0 Å². The van der Waals surface area contributed by atoms with E-state index in [1.165, 1.54) is 0 Å². The minimum Gasteiger partial charge on any atom is -0.321 e. The van der Waals surface area contributed by atoms with Crippen LogP contribution in [0.1, 0.15) is 13.3 Å². The van der Waals surface area contributed by atoms with Crippen LogP contribution in [0.3, 0.4) is 0 Å². The zero-order valence-electron chi connectivity index (χ0n) is 4.95. The van der Waals surface area contributed by atoms with Crippen LogP contribution in [0.2, 0.25) is 0 Å². The molecule has 0 unspecified atom stereocenters. The van der Waals surface area contributed by atoms with Crippen molar-refractivity contribution in [3.05, 3.63) is 0 Å². The van der Waals surface area contributed by atoms with Gasteiger partial charge in [-0.1, -0.05) is 6.92 Å². The molecule has 0 rings (SSSR count). The minimum absolute atomic E-state index is 0.347. The molecule has 0 spiro atoms. The van der Waals surface area contributed by atoms with Gasteiger partial charge in [-0.2, -0.15) is 0 Å². The molecule has 0 aromatic rings. The zero-order chi connectivity index (χ0) is 6.62. The Balaban J connectivity index is 3.58. The van der Waals surface area contributed by atoms with Crippen LogP contribution in [-0.4, -0.2) is 18.9 Å². The molecule has 0 atom stereocenters. The van der Waals surface area contributed by atoms with Gasteiger partial charge in [0.1, 0.15) is 13.3 Å². The van der Waals surface area contributed by atoms with Gasteiger partial charge >= 0.3 is 0 Å². The molecule has 0 radical (unpaired) electrons. The van der Waals surface area contributed by atoms with Gasteiger partial charge in [0.15, 0.2) is 0 Å². The molecular formula is C5H11F2N. The molecule has 0 amide bonds. The first-order chi connectivity index (χ1) is 3.68. The van der Waals surface area contributed by atoms with Crippen LogP contribution in [0.25, 0.3) is 0 Å². The second-order valence-corrected chi connectivity index (χ2v) is 1.98. The normalized spacial score (nSPS) is 12.0. The summed E-state index contributed by atoms with van der Waals surface area (Å²) in [7, 11) is 0. The Morgan fingerprint density at radius 2 is 1.75 bits per heavy atom. The Hall–Kier alpha value is -0.180. The highest BCUT2D eigenvalue weighted by atomic mass is 19.1. The summed E-state index contributed by atoms with van der Waals surface area (Å²) in [4.78, 5) is 0. The molecule has 0 heterocycles. The largest absolute Gasteiger partial charge is 0.321 e. The van der Waals surface area contributed by atoms with Gasteiger partial charge in [-0.25, -0.2) is 8.78 Å². The summed E-state index contributed by atoms with van der Waals surface area (Å²) in [6, 6.07) is 0. The summed E-state index contributed by atoms with van der Waals surface area (Å²) in [6.45, 7) is 0.110. The van der Waals surface area contributed by atoms with Crippen molar-refractivity contribution in [2.24, 2.45) is 5.73 Å². The zero-order valence-corrected chi connectivity index (χ0v) is 4.95. The fraction of sp³-hybridized carbons (Fsp3) is 1.00. The lowest BCUT2D eigenvalue weighted by molar-refractivity contribution is 0.235. The van der Waals surface area contributed by atoms with E-state index < -0.39 is 18.9 Å². The average molecular weight is 123 g/mol. The third-order valence-corrected chi connectivity index (χ3v) is 1.24. The Morgan fingerprint density at radius 3 is 1.75 bits per heavy atom. The molecule has 0 aliphatic carbocycles. The van der Waals surface area contributed by atoms with Crippen molar-refractivity contribution in [2.75, 3.05) is 13.3 Å². The van der Waals surface area contributed by atoms with Crippen molar-refractivity contribution < 1.29 is 8.78 Å². The molecule has 2 N–H and O–H groups in total. The quantitative estimate of drug-likeness (QED) is 0.596. The molecule has 0 aliphatic heterocycles. The number of nitrogens with two attached hydrogens (primary N) is 1. The Bertz CT molecular complexity index is 53.2. The third-order valence-electron chi connectivity index (χ3n) is 1.24. The first-order valence-corrected chi connectivity index (χ1v) is 2.59. The maximum absolute atomic E-state index is 11.7. The smallest absolute Gasteiger partial charge is 0.110 e. The van der Waals surface area contributed by atoms with Crippen LogP contribution in [0, 0.1) is 0 Å². The first-order valence-electron chi connectivity index (χ1n) is 2.59. The van der Waals surface area contributed by atoms with Gasteiger partial charge in [0.2, 0.25) is 0 Å². The fourth-order valence-corrected chi connectivity index (χ4v) is 0.225. The highest BCUT2D eigenvalue weighted by molar-refractivity contribution is 4.80. The van der Waals surface area contributed by atoms with Crippen LogP contribution in [0.5, 0.6) is 0 Å². The van der Waals surface area contributed by atoms with Gasteiger partial charge in [0.05, 0.1) is 5.54 Å². The molecule has 0 bridgehead atoms. The van der Waals surface area contributed by atoms with E-state index in [0.29, 0.717) is 6.42 Å². The highest BCUT2D eigenvalue weighted by Gasteiger charge is 2.21. The molecule has 8 heavy (non-hydrogen) atoms. The van der Waals surface area contributed by atoms with Gasteiger partial charge < -0.3 is 5.73 Å². The van der Waals surface area contributed by atoms with Gasteiger partial charge in [-0.05, 0) is 6.42 Å². The maximum Gasteiger partial charge on any atom is 0.110 e. The lowest BCUT2D eigenvalue weighted by Crippen LogP contribution is -2.43. The van der Waals surface area contributed by atoms with E-state index in [2.05, 4.69) is 0 Å². The molecule has 1 nitrogen and oxygen atoms in total. The third kappa shape index (κ3) is 1.74. The van der Waals surface area contributed by atoms with Crippen LogP contribution < -0.4 is 5.73 Å². The molecule has 0 saturated carbocycles. The monoisotopic (exact) mass is 123 g/mol. The minimum atomic E-state index is -1.21. The van der Waals surface area contributed by atoms with Crippen molar-refractivity contribution in [3.63, 3.8) is 0 Å². The van der Waals surface area contributed by atoms with Crippen molar-refractivity contribution in [1.82, 2.24) is 0 Å². The Morgan fingerprint density at radius 1 is 1.38 bits per heavy atom. The Labute approximate surface area is 47.9 Å². The molecule has 3 heteroatoms. The number of hydrogen-bond donors (Lipinski definition) is 1. The van der Waals surface area contributed by atoms with E-state index in [4.69, 9.17) is 5.73 Å². The number of rotatable bonds is 3. The summed E-state index contributed by atoms with van der Waals surface area (Å²) >= 11 is 0. The summed E-state index contributed by atoms with van der Waals surface area (Å²) in [5, 5.41) is 0. The van der Waals surface area contributed by atoms with Gasteiger partial charge in [0, 0.05) is 0 Å². The van der Waals surface area contributed by atoms with E-state index in [1.54, 1.807) is 6.92 Å². The second-order valence-electron chi connectivity index (χ2n) is 1.98. The lowest BCUT2D eigenvalue weighted by atomic mass is 10.0. The van der Waals surface area contributed by atoms with Crippen molar-refractivity contribution in [2.45, 2.75) is 18.9 Å². The maximum atomic E-state index is 11.7. The van der Waals surface area contributed by atoms with E-state index in [9.17, 15) is 8.78 Å². The summed E-state index contributed by atoms with van der Waals surface area (Å²) < 4.78 is 23.4. The SMILES string of the molecule is CCC(N)(CF)CF. The molecule has 0 aromatic heterocycles. The van der Waals surface area contributed by atoms with E-state index >= 15 is 0 Å². The Kier molecular flexibility index (Phi) is 2.90. The second kappa shape index (κ2) is 2.97. The van der Waals surface area contributed by atoms with Crippen LogP contribution in [-0.2, 0) is 0 Å². The van der Waals surface area contributed by atoms with Crippen molar-refractivity contribution >= 4 is 0 Å². The van der Waals surface area contributed by atoms with Crippen molar-refractivity contribution in [3.8, 4) is 0 Å². The molecule has 0 aromatic carbocycles. The van der Waals surface area contributed by atoms with Gasteiger partial charge in [-0.3, -0.25) is 0 Å². The standard InChI is InChI=1S/C5H11F2N/c1-2-5(8,3-6)4-7/h2-4,8H2,1H3. The first kappa shape index (κ1) is 7.82. The predicted molar refractivity (Wildman–Crippen MR) is 29.2 cm³/mol. The average Bonchev–Trinajstić information content (AvgIpc) is 1.87. The fourth-order valence-electron chi connectivity index (χ4n) is 0.225. The summed E-state index contributed by atoms with van der Waals surface area (Å²) in [5.41, 5.74) is 3.94. The number of hydrogen-bond acceptors (Lipinski definition) is 1. The van der Waals surface area contributed by atoms with Gasteiger partial charge in [0.25, 0.3) is 0 Å². The summed E-state index contributed by atoms with van der Waals surface area (Å²) in [5.74, 6) is 0. The van der Waals surface area contributed by atoms with E-state index in [0.717, 1.165) is 0 Å². The topological polar surface area (TPSA) is 26.0 Å².